The molecule has 0 spiro atoms. The Balaban J connectivity index is 1.42. The summed E-state index contributed by atoms with van der Waals surface area (Å²) in [6, 6.07) is 12.3. The number of carbonyl (C=O) groups is 1. The highest BCUT2D eigenvalue weighted by molar-refractivity contribution is 8.00. The van der Waals surface area contributed by atoms with Crippen LogP contribution in [0.1, 0.15) is 28.9 Å². The minimum atomic E-state index is -0.0243. The van der Waals surface area contributed by atoms with E-state index in [9.17, 15) is 4.79 Å². The minimum absolute atomic E-state index is 0.0243. The van der Waals surface area contributed by atoms with E-state index >= 15 is 0 Å². The number of amides is 1. The van der Waals surface area contributed by atoms with Gasteiger partial charge in [-0.25, -0.2) is 0 Å². The minimum Gasteiger partial charge on any atom is -0.325 e. The molecule has 0 fully saturated rings. The number of thioether (sulfide) groups is 1. The number of hydrogen-bond acceptors (Lipinski definition) is 5. The Morgan fingerprint density at radius 1 is 1.15 bits per heavy atom. The van der Waals surface area contributed by atoms with Crippen LogP contribution in [0.5, 0.6) is 0 Å². The third-order valence-corrected chi connectivity index (χ3v) is 5.78. The lowest BCUT2D eigenvalue weighted by Crippen LogP contribution is -2.14. The molecule has 0 saturated carbocycles. The van der Waals surface area contributed by atoms with Gasteiger partial charge in [-0.2, -0.15) is 4.68 Å². The van der Waals surface area contributed by atoms with E-state index in [4.69, 9.17) is 0 Å². The van der Waals surface area contributed by atoms with Gasteiger partial charge in [0.15, 0.2) is 5.82 Å². The van der Waals surface area contributed by atoms with Gasteiger partial charge in [-0.15, -0.1) is 16.9 Å². The number of aryl methyl sites for hydroxylation is 4. The molecule has 1 aliphatic carbocycles. The molecule has 7 heteroatoms. The van der Waals surface area contributed by atoms with Crippen LogP contribution in [0, 0.1) is 13.8 Å². The lowest BCUT2D eigenvalue weighted by Gasteiger charge is -2.10. The molecule has 0 unspecified atom stereocenters. The van der Waals surface area contributed by atoms with Crippen molar-refractivity contribution in [3.05, 3.63) is 58.9 Å². The molecule has 0 bridgehead atoms. The topological polar surface area (TPSA) is 72.7 Å². The van der Waals surface area contributed by atoms with Gasteiger partial charge in [0.1, 0.15) is 0 Å². The Morgan fingerprint density at radius 2 is 2.00 bits per heavy atom. The molecule has 1 heterocycles. The van der Waals surface area contributed by atoms with Crippen LogP contribution in [0.25, 0.3) is 5.69 Å². The molecule has 3 aromatic rings. The van der Waals surface area contributed by atoms with Crippen molar-refractivity contribution >= 4 is 23.4 Å². The highest BCUT2D eigenvalue weighted by Crippen LogP contribution is 2.27. The van der Waals surface area contributed by atoms with Crippen molar-refractivity contribution in [3.8, 4) is 5.69 Å². The first kappa shape index (κ1) is 17.7. The van der Waals surface area contributed by atoms with Crippen LogP contribution in [0.4, 0.5) is 5.69 Å². The largest absolute Gasteiger partial charge is 0.325 e. The summed E-state index contributed by atoms with van der Waals surface area (Å²) >= 11 is 1.57. The Hall–Kier alpha value is -2.67. The average molecular weight is 379 g/mol. The van der Waals surface area contributed by atoms with Crippen molar-refractivity contribution in [2.75, 3.05) is 11.1 Å². The number of benzene rings is 2. The molecule has 138 valence electrons. The number of fused-ring (bicyclic) bond motifs is 1. The molecule has 27 heavy (non-hydrogen) atoms. The molecular weight excluding hydrogens is 358 g/mol. The summed E-state index contributed by atoms with van der Waals surface area (Å²) < 4.78 is 1.67. The third-order valence-electron chi connectivity index (χ3n) is 4.79. The lowest BCUT2D eigenvalue weighted by molar-refractivity contribution is -0.113. The fraction of sp³-hybridized carbons (Fsp3) is 0.300. The fourth-order valence-corrected chi connectivity index (χ4v) is 4.11. The van der Waals surface area contributed by atoms with Crippen LogP contribution in [-0.2, 0) is 17.6 Å². The Labute approximate surface area is 162 Å². The van der Waals surface area contributed by atoms with E-state index in [2.05, 4.69) is 39.0 Å². The van der Waals surface area contributed by atoms with Gasteiger partial charge in [0, 0.05) is 10.6 Å². The normalized spacial score (nSPS) is 12.8. The Kier molecular flexibility index (Phi) is 4.94. The first-order valence-corrected chi connectivity index (χ1v) is 9.99. The molecule has 4 rings (SSSR count). The zero-order chi connectivity index (χ0) is 18.8. The van der Waals surface area contributed by atoms with E-state index in [0.717, 1.165) is 28.3 Å². The maximum absolute atomic E-state index is 12.4. The highest BCUT2D eigenvalue weighted by atomic mass is 32.2. The Morgan fingerprint density at radius 3 is 2.81 bits per heavy atom. The molecule has 1 aliphatic rings. The summed E-state index contributed by atoms with van der Waals surface area (Å²) in [6.07, 6.45) is 3.57. The molecule has 2 aromatic carbocycles. The molecule has 0 atom stereocenters. The standard InChI is InChI=1S/C20H21N5OS/c1-13-6-8-17(11-19(13)25-14(2)22-23-24-25)21-20(26)12-27-18-9-7-15-4-3-5-16(15)10-18/h6-11H,3-5,12H2,1-2H3,(H,21,26). The molecular formula is C20H21N5OS. The lowest BCUT2D eigenvalue weighted by atomic mass is 10.1. The first-order valence-electron chi connectivity index (χ1n) is 9.00. The predicted octanol–water partition coefficient (Wildman–Crippen LogP) is 3.50. The summed E-state index contributed by atoms with van der Waals surface area (Å²) in [5, 5.41) is 14.6. The number of aromatic nitrogens is 4. The van der Waals surface area contributed by atoms with Gasteiger partial charge < -0.3 is 5.32 Å². The Bertz CT molecular complexity index is 998. The second-order valence-corrected chi connectivity index (χ2v) is 7.81. The van der Waals surface area contributed by atoms with Crippen molar-refractivity contribution in [3.63, 3.8) is 0 Å². The first-order chi connectivity index (χ1) is 13.1. The summed E-state index contributed by atoms with van der Waals surface area (Å²) in [5.74, 6) is 1.06. The zero-order valence-electron chi connectivity index (χ0n) is 15.4. The van der Waals surface area contributed by atoms with Gasteiger partial charge >= 0.3 is 0 Å². The summed E-state index contributed by atoms with van der Waals surface area (Å²) in [6.45, 7) is 3.84. The second-order valence-electron chi connectivity index (χ2n) is 6.76. The van der Waals surface area contributed by atoms with E-state index < -0.39 is 0 Å². The molecule has 1 aromatic heterocycles. The van der Waals surface area contributed by atoms with Gasteiger partial charge in [0.25, 0.3) is 0 Å². The van der Waals surface area contributed by atoms with Crippen molar-refractivity contribution in [2.24, 2.45) is 0 Å². The van der Waals surface area contributed by atoms with E-state index in [-0.39, 0.29) is 5.91 Å². The van der Waals surface area contributed by atoms with Crippen LogP contribution in [0.15, 0.2) is 41.3 Å². The summed E-state index contributed by atoms with van der Waals surface area (Å²) in [5.41, 5.74) is 5.52. The number of carbonyl (C=O) groups excluding carboxylic acids is 1. The van der Waals surface area contributed by atoms with Gasteiger partial charge in [0.05, 0.1) is 11.4 Å². The highest BCUT2D eigenvalue weighted by Gasteiger charge is 2.13. The van der Waals surface area contributed by atoms with E-state index in [0.29, 0.717) is 11.6 Å². The van der Waals surface area contributed by atoms with Crippen molar-refractivity contribution < 1.29 is 4.79 Å². The van der Waals surface area contributed by atoms with Crippen LogP contribution in [-0.4, -0.2) is 31.9 Å². The maximum atomic E-state index is 12.4. The molecule has 6 nitrogen and oxygen atoms in total. The number of anilines is 1. The smallest absolute Gasteiger partial charge is 0.234 e. The maximum Gasteiger partial charge on any atom is 0.234 e. The van der Waals surface area contributed by atoms with E-state index in [1.165, 1.54) is 24.0 Å². The number of nitrogens with zero attached hydrogens (tertiary/aromatic N) is 4. The third kappa shape index (κ3) is 3.88. The van der Waals surface area contributed by atoms with Gasteiger partial charge in [-0.1, -0.05) is 12.1 Å². The van der Waals surface area contributed by atoms with E-state index in [1.807, 2.05) is 32.0 Å². The fourth-order valence-electron chi connectivity index (χ4n) is 3.35. The van der Waals surface area contributed by atoms with E-state index in [1.54, 1.807) is 16.4 Å². The van der Waals surface area contributed by atoms with Crippen molar-refractivity contribution in [2.45, 2.75) is 38.0 Å². The van der Waals surface area contributed by atoms with Crippen LogP contribution < -0.4 is 5.32 Å². The van der Waals surface area contributed by atoms with Gasteiger partial charge in [0.2, 0.25) is 5.91 Å². The number of rotatable bonds is 5. The SMILES string of the molecule is Cc1ccc(NC(=O)CSc2ccc3c(c2)CCC3)cc1-n1nnnc1C. The quantitative estimate of drug-likeness (QED) is 0.687. The monoisotopic (exact) mass is 379 g/mol. The summed E-state index contributed by atoms with van der Waals surface area (Å²) in [4.78, 5) is 13.5. The number of nitrogens with one attached hydrogen (secondary N) is 1. The molecule has 1 amide bonds. The van der Waals surface area contributed by atoms with Crippen LogP contribution in [0.2, 0.25) is 0 Å². The summed E-state index contributed by atoms with van der Waals surface area (Å²) in [7, 11) is 0. The number of hydrogen-bond donors (Lipinski definition) is 1. The molecule has 0 saturated heterocycles. The average Bonchev–Trinajstić information content (AvgIpc) is 3.30. The van der Waals surface area contributed by atoms with Gasteiger partial charge in [-0.05, 0) is 84.5 Å². The molecule has 1 N–H and O–H groups in total. The number of tetrazole rings is 1. The van der Waals surface area contributed by atoms with Crippen molar-refractivity contribution in [1.29, 1.82) is 0 Å². The molecule has 0 aliphatic heterocycles. The second kappa shape index (κ2) is 7.52. The van der Waals surface area contributed by atoms with Crippen molar-refractivity contribution in [1.82, 2.24) is 20.2 Å². The molecule has 0 radical (unpaired) electrons. The van der Waals surface area contributed by atoms with Crippen LogP contribution in [0.3, 0.4) is 0 Å². The van der Waals surface area contributed by atoms with Gasteiger partial charge in [-0.3, -0.25) is 4.79 Å². The zero-order valence-corrected chi connectivity index (χ0v) is 16.2. The predicted molar refractivity (Wildman–Crippen MR) is 106 cm³/mol. The van der Waals surface area contributed by atoms with Crippen LogP contribution >= 0.6 is 11.8 Å².